The molecule has 0 amide bonds. The minimum atomic E-state index is 1.28. The highest BCUT2D eigenvalue weighted by atomic mass is 14.3. The van der Waals surface area contributed by atoms with Crippen molar-refractivity contribution in [2.45, 2.75) is 0 Å². The van der Waals surface area contributed by atoms with Gasteiger partial charge in [0.2, 0.25) is 0 Å². The second kappa shape index (κ2) is 14.1. The maximum absolute atomic E-state index is 2.49. The molecule has 0 fully saturated rings. The van der Waals surface area contributed by atoms with Crippen LogP contribution in [0.25, 0.3) is 98.0 Å². The minimum absolute atomic E-state index is 1.28. The molecule has 0 aliphatic heterocycles. The van der Waals surface area contributed by atoms with Crippen LogP contribution >= 0.6 is 0 Å². The molecule has 0 saturated heterocycles. The van der Waals surface area contributed by atoms with Crippen molar-refractivity contribution >= 4 is 224 Å². The Balaban J connectivity index is 1.44. The second-order valence-electron chi connectivity index (χ2n) is 17.9. The predicted octanol–water partition coefficient (Wildman–Crippen LogP) is -7.29. The van der Waals surface area contributed by atoms with Crippen LogP contribution in [0.1, 0.15) is 0 Å². The zero-order valence-electron chi connectivity index (χ0n) is 37.4. The van der Waals surface area contributed by atoms with Crippen molar-refractivity contribution in [3.8, 4) is 33.4 Å². The SMILES string of the molecule is Bc1c(B)c(-c2c3c(B)c(B)c(B)c(B)c3c(-c3cc4ccccc4c4ccccc34)c3c(B)c(B)c(B)c(B)c23)c(B)c(B)c1-c1cc2ccccc2c2ccccc12. The van der Waals surface area contributed by atoms with Crippen LogP contribution in [0.3, 0.4) is 0 Å². The normalized spacial score (nSPS) is 11.8. The van der Waals surface area contributed by atoms with Gasteiger partial charge < -0.3 is 0 Å². The predicted molar refractivity (Wildman–Crippen MR) is 306 cm³/mol. The fraction of sp³-hybridized carbons (Fsp3) is 0. The van der Waals surface area contributed by atoms with Crippen LogP contribution in [0.4, 0.5) is 0 Å². The molecule has 0 aliphatic rings. The van der Waals surface area contributed by atoms with E-state index < -0.39 is 0 Å². The first kappa shape index (κ1) is 38.7. The number of hydrogen-bond acceptors (Lipinski definition) is 0. The van der Waals surface area contributed by atoms with E-state index in [0.29, 0.717) is 0 Å². The summed E-state index contributed by atoms with van der Waals surface area (Å²) in [4.78, 5) is 0. The molecule has 12 heteroatoms. The van der Waals surface area contributed by atoms with Crippen LogP contribution in [-0.4, -0.2) is 94.2 Å². The van der Waals surface area contributed by atoms with Gasteiger partial charge in [0.25, 0.3) is 0 Å². The van der Waals surface area contributed by atoms with Crippen molar-refractivity contribution in [3.05, 3.63) is 109 Å². The summed E-state index contributed by atoms with van der Waals surface area (Å²) in [5, 5.41) is 16.0. The van der Waals surface area contributed by atoms with Gasteiger partial charge in [0.05, 0.1) is 0 Å². The Labute approximate surface area is 365 Å². The van der Waals surface area contributed by atoms with Crippen LogP contribution in [-0.2, 0) is 0 Å². The first-order chi connectivity index (χ1) is 28.8. The van der Waals surface area contributed by atoms with Crippen LogP contribution in [0.15, 0.2) is 109 Å². The summed E-state index contributed by atoms with van der Waals surface area (Å²) in [6, 6.07) is 40.8. The summed E-state index contributed by atoms with van der Waals surface area (Å²) >= 11 is 0. The average molecular weight is 749 g/mol. The van der Waals surface area contributed by atoms with Crippen LogP contribution in [0.5, 0.6) is 0 Å². The molecule has 0 aromatic heterocycles. The molecule has 60 heavy (non-hydrogen) atoms. The summed E-state index contributed by atoms with van der Waals surface area (Å²) in [6.07, 6.45) is 0. The topological polar surface area (TPSA) is 0 Å². The summed E-state index contributed by atoms with van der Waals surface area (Å²) < 4.78 is 0. The van der Waals surface area contributed by atoms with Crippen molar-refractivity contribution < 1.29 is 0 Å². The molecule has 0 atom stereocenters. The van der Waals surface area contributed by atoms with Crippen molar-refractivity contribution in [2.24, 2.45) is 0 Å². The lowest BCUT2D eigenvalue weighted by atomic mass is 9.57. The van der Waals surface area contributed by atoms with E-state index in [1.807, 2.05) is 0 Å². The van der Waals surface area contributed by atoms with Gasteiger partial charge in [0, 0.05) is 0 Å². The zero-order chi connectivity index (χ0) is 42.0. The highest BCUT2D eigenvalue weighted by Crippen LogP contribution is 2.44. The Morgan fingerprint density at radius 2 is 0.500 bits per heavy atom. The van der Waals surface area contributed by atoms with E-state index in [1.165, 1.54) is 164 Å². The molecule has 0 bridgehead atoms. The van der Waals surface area contributed by atoms with Crippen molar-refractivity contribution in [1.29, 1.82) is 0 Å². The Bertz CT molecular complexity index is 3470. The van der Waals surface area contributed by atoms with E-state index in [1.54, 1.807) is 0 Å². The molecule has 0 aliphatic carbocycles. The van der Waals surface area contributed by atoms with E-state index in [4.69, 9.17) is 0 Å². The molecule has 0 unspecified atom stereocenters. The van der Waals surface area contributed by atoms with Crippen molar-refractivity contribution in [2.75, 3.05) is 0 Å². The van der Waals surface area contributed by atoms with E-state index in [2.05, 4.69) is 203 Å². The maximum Gasteiger partial charge on any atom is 0.139 e. The Hall–Kier alpha value is -5.46. The summed E-state index contributed by atoms with van der Waals surface area (Å²) in [5.41, 5.74) is 24.7. The first-order valence-corrected chi connectivity index (χ1v) is 21.7. The summed E-state index contributed by atoms with van der Waals surface area (Å²) in [5.74, 6) is 0. The third-order valence-electron chi connectivity index (χ3n) is 15.3. The molecule has 0 N–H and O–H groups in total. The maximum atomic E-state index is 2.49. The molecule has 0 spiro atoms. The van der Waals surface area contributed by atoms with E-state index in [9.17, 15) is 0 Å². The van der Waals surface area contributed by atoms with Crippen molar-refractivity contribution in [3.63, 3.8) is 0 Å². The number of fused-ring (bicyclic) bond motifs is 8. The Kier molecular flexibility index (Phi) is 9.07. The number of hydrogen-bond donors (Lipinski definition) is 0. The first-order valence-electron chi connectivity index (χ1n) is 21.7. The molecule has 0 heterocycles. The lowest BCUT2D eigenvalue weighted by Gasteiger charge is -2.31. The van der Waals surface area contributed by atoms with Crippen LogP contribution in [0.2, 0.25) is 0 Å². The highest BCUT2D eigenvalue weighted by molar-refractivity contribution is 6.72. The zero-order valence-corrected chi connectivity index (χ0v) is 37.4. The molecule has 0 nitrogen and oxygen atoms in total. The third-order valence-corrected chi connectivity index (χ3v) is 15.3. The minimum Gasteiger partial charge on any atom is -0.101 e. The lowest BCUT2D eigenvalue weighted by molar-refractivity contribution is 1.74. The van der Waals surface area contributed by atoms with Gasteiger partial charge in [0.1, 0.15) is 94.2 Å². The second-order valence-corrected chi connectivity index (χ2v) is 17.9. The van der Waals surface area contributed by atoms with Crippen LogP contribution < -0.4 is 65.6 Å². The fourth-order valence-electron chi connectivity index (χ4n) is 11.3. The monoisotopic (exact) mass is 750 g/mol. The molecular weight excluding hydrogens is 706 g/mol. The average Bonchev–Trinajstić information content (AvgIpc) is 3.27. The van der Waals surface area contributed by atoms with Gasteiger partial charge in [-0.05, 0) is 110 Å². The standard InChI is InChI=1S/C48H42B12/c49-37-30(28-18-20-10-2-4-12-22(20)24-14-6-8-16-26(24)28)38(50)44(56)36(43(37)55)31-34-32(39(51)45(57)47(59)41(34)53)29(33-35(31)42(54)48(60)46(58)40(33)52)27-17-19-9-1-3-11-21(19)23-13-5-7-15-25(23)27/h1-18H,49-60H2. The molecule has 10 rings (SSSR count). The van der Waals surface area contributed by atoms with E-state index >= 15 is 0 Å². The van der Waals surface area contributed by atoms with Gasteiger partial charge in [-0.1, -0.05) is 141 Å². The van der Waals surface area contributed by atoms with E-state index in [-0.39, 0.29) is 0 Å². The molecule has 0 radical (unpaired) electrons. The van der Waals surface area contributed by atoms with Crippen molar-refractivity contribution in [1.82, 2.24) is 0 Å². The van der Waals surface area contributed by atoms with Gasteiger partial charge in [0.15, 0.2) is 0 Å². The Morgan fingerprint density at radius 3 is 0.883 bits per heavy atom. The highest BCUT2D eigenvalue weighted by Gasteiger charge is 2.29. The molecular formula is C48H42B12. The Morgan fingerprint density at radius 1 is 0.217 bits per heavy atom. The number of benzene rings is 10. The van der Waals surface area contributed by atoms with Gasteiger partial charge in [-0.3, -0.25) is 0 Å². The summed E-state index contributed by atoms with van der Waals surface area (Å²) in [7, 11) is 28.5. The molecule has 0 saturated carbocycles. The lowest BCUT2D eigenvalue weighted by Crippen LogP contribution is -2.50. The van der Waals surface area contributed by atoms with Gasteiger partial charge >= 0.3 is 0 Å². The number of rotatable bonds is 3. The van der Waals surface area contributed by atoms with Gasteiger partial charge in [-0.2, -0.15) is 0 Å². The van der Waals surface area contributed by atoms with Gasteiger partial charge in [-0.15, -0.1) is 21.9 Å². The summed E-state index contributed by atoms with van der Waals surface area (Å²) in [6.45, 7) is 0. The van der Waals surface area contributed by atoms with Crippen LogP contribution in [0, 0.1) is 0 Å². The quantitative estimate of drug-likeness (QED) is 0.0959. The molecule has 10 aromatic carbocycles. The fourth-order valence-corrected chi connectivity index (χ4v) is 11.3. The van der Waals surface area contributed by atoms with E-state index in [0.717, 1.165) is 0 Å². The largest absolute Gasteiger partial charge is 0.139 e. The molecule has 10 aromatic rings. The smallest absolute Gasteiger partial charge is 0.101 e. The third kappa shape index (κ3) is 5.28. The molecule has 270 valence electrons. The van der Waals surface area contributed by atoms with Gasteiger partial charge in [-0.25, -0.2) is 0 Å².